The first kappa shape index (κ1) is 17.5. The topological polar surface area (TPSA) is 58.2 Å². The Labute approximate surface area is 143 Å². The molecule has 1 aliphatic heterocycles. The Morgan fingerprint density at radius 1 is 1.38 bits per heavy atom. The van der Waals surface area contributed by atoms with Gasteiger partial charge in [-0.05, 0) is 36.9 Å². The van der Waals surface area contributed by atoms with Gasteiger partial charge < -0.3 is 5.32 Å². The van der Waals surface area contributed by atoms with Gasteiger partial charge in [-0.2, -0.15) is 0 Å². The Kier molecular flexibility index (Phi) is 5.60. The zero-order valence-corrected chi connectivity index (χ0v) is 15.5. The van der Waals surface area contributed by atoms with Crippen LogP contribution in [0.1, 0.15) is 19.8 Å². The van der Waals surface area contributed by atoms with Crippen LogP contribution in [0.3, 0.4) is 0 Å². The molecule has 0 spiro atoms. The molecule has 8 heteroatoms. The second-order valence-corrected chi connectivity index (χ2v) is 9.05. The highest BCUT2D eigenvalue weighted by Gasteiger charge is 2.30. The van der Waals surface area contributed by atoms with E-state index in [4.69, 9.17) is 23.2 Å². The van der Waals surface area contributed by atoms with Crippen LogP contribution < -0.4 is 10.0 Å². The lowest BCUT2D eigenvalue weighted by Gasteiger charge is -2.34. The summed E-state index contributed by atoms with van der Waals surface area (Å²) in [5.41, 5.74) is -0.0976. The number of piperidine rings is 1. The minimum Gasteiger partial charge on any atom is -0.316 e. The molecule has 0 aliphatic carbocycles. The maximum atomic E-state index is 12.5. The summed E-state index contributed by atoms with van der Waals surface area (Å²) in [5, 5.41) is 3.50. The molecule has 0 radical (unpaired) electrons. The monoisotopic (exact) mass is 414 g/mol. The van der Waals surface area contributed by atoms with E-state index in [0.29, 0.717) is 11.0 Å². The van der Waals surface area contributed by atoms with E-state index in [1.807, 2.05) is 0 Å². The van der Waals surface area contributed by atoms with E-state index in [9.17, 15) is 8.42 Å². The lowest BCUT2D eigenvalue weighted by atomic mass is 9.83. The van der Waals surface area contributed by atoms with Crippen LogP contribution in [0.15, 0.2) is 21.5 Å². The normalized spacial score (nSPS) is 23.2. The van der Waals surface area contributed by atoms with Crippen LogP contribution in [-0.4, -0.2) is 28.1 Å². The summed E-state index contributed by atoms with van der Waals surface area (Å²) in [6.07, 6.45) is 2.02. The lowest BCUT2D eigenvalue weighted by molar-refractivity contribution is 0.238. The summed E-state index contributed by atoms with van der Waals surface area (Å²) in [6.45, 7) is 4.18. The minimum atomic E-state index is -3.74. The molecule has 21 heavy (non-hydrogen) atoms. The standard InChI is InChI=1S/C13H17BrCl2N2O2S/c1-13(3-2-4-17-7-13)8-18-21(19,20)12-10(15)5-9(14)6-11(12)16/h5-6,17-18H,2-4,7-8H2,1H3. The van der Waals surface area contributed by atoms with Gasteiger partial charge in [0.15, 0.2) is 0 Å². The minimum absolute atomic E-state index is 0.0681. The number of nitrogens with one attached hydrogen (secondary N) is 2. The summed E-state index contributed by atoms with van der Waals surface area (Å²) in [6, 6.07) is 3.04. The molecule has 0 aromatic heterocycles. The van der Waals surface area contributed by atoms with Crippen molar-refractivity contribution in [1.82, 2.24) is 10.0 Å². The molecular weight excluding hydrogens is 399 g/mol. The largest absolute Gasteiger partial charge is 0.316 e. The molecule has 118 valence electrons. The first-order chi connectivity index (χ1) is 9.73. The van der Waals surface area contributed by atoms with Gasteiger partial charge >= 0.3 is 0 Å². The van der Waals surface area contributed by atoms with Gasteiger partial charge in [0, 0.05) is 17.6 Å². The smallest absolute Gasteiger partial charge is 0.243 e. The summed E-state index contributed by atoms with van der Waals surface area (Å²) < 4.78 is 28.2. The predicted molar refractivity (Wildman–Crippen MR) is 89.6 cm³/mol. The Hall–Kier alpha value is 0.150. The number of benzene rings is 1. The van der Waals surface area contributed by atoms with E-state index in [0.717, 1.165) is 25.9 Å². The van der Waals surface area contributed by atoms with E-state index >= 15 is 0 Å². The maximum Gasteiger partial charge on any atom is 0.243 e. The average Bonchev–Trinajstić information content (AvgIpc) is 2.36. The molecule has 0 saturated carbocycles. The third kappa shape index (κ3) is 4.33. The quantitative estimate of drug-likeness (QED) is 0.791. The summed E-state index contributed by atoms with van der Waals surface area (Å²) in [7, 11) is -3.74. The highest BCUT2D eigenvalue weighted by molar-refractivity contribution is 9.10. The Balaban J connectivity index is 2.19. The highest BCUT2D eigenvalue weighted by Crippen LogP contribution is 2.33. The van der Waals surface area contributed by atoms with Crippen molar-refractivity contribution < 1.29 is 8.42 Å². The van der Waals surface area contributed by atoms with Gasteiger partial charge in [-0.3, -0.25) is 0 Å². The fourth-order valence-corrected chi connectivity index (χ4v) is 5.53. The second kappa shape index (κ2) is 6.72. The van der Waals surface area contributed by atoms with Crippen LogP contribution >= 0.6 is 39.1 Å². The van der Waals surface area contributed by atoms with Crippen molar-refractivity contribution in [3.63, 3.8) is 0 Å². The molecule has 1 aromatic rings. The van der Waals surface area contributed by atoms with Gasteiger partial charge in [0.05, 0.1) is 10.0 Å². The number of sulfonamides is 1. The molecule has 1 fully saturated rings. The van der Waals surface area contributed by atoms with Crippen LogP contribution in [-0.2, 0) is 10.0 Å². The maximum absolute atomic E-state index is 12.5. The van der Waals surface area contributed by atoms with Gasteiger partial charge in [0.1, 0.15) is 4.90 Å². The van der Waals surface area contributed by atoms with Gasteiger partial charge in [0.2, 0.25) is 10.0 Å². The van der Waals surface area contributed by atoms with Gasteiger partial charge in [0.25, 0.3) is 0 Å². The van der Waals surface area contributed by atoms with E-state index in [2.05, 4.69) is 32.9 Å². The van der Waals surface area contributed by atoms with Crippen molar-refractivity contribution in [2.45, 2.75) is 24.7 Å². The zero-order chi connectivity index (χ0) is 15.7. The van der Waals surface area contributed by atoms with Crippen molar-refractivity contribution in [3.05, 3.63) is 26.7 Å². The Bertz CT molecular complexity index is 608. The van der Waals surface area contributed by atoms with E-state index in [-0.39, 0.29) is 20.4 Å². The molecule has 1 aliphatic rings. The molecule has 1 atom stereocenters. The van der Waals surface area contributed by atoms with Crippen molar-refractivity contribution in [3.8, 4) is 0 Å². The van der Waals surface area contributed by atoms with Crippen LogP contribution in [0.25, 0.3) is 0 Å². The van der Waals surface area contributed by atoms with E-state index < -0.39 is 10.0 Å². The summed E-state index contributed by atoms with van der Waals surface area (Å²) in [4.78, 5) is -0.0681. The SMILES string of the molecule is CC1(CNS(=O)(=O)c2c(Cl)cc(Br)cc2Cl)CCCNC1. The van der Waals surface area contributed by atoms with Crippen molar-refractivity contribution >= 4 is 49.2 Å². The Morgan fingerprint density at radius 3 is 2.52 bits per heavy atom. The van der Waals surface area contributed by atoms with Crippen LogP contribution in [0.4, 0.5) is 0 Å². The second-order valence-electron chi connectivity index (χ2n) is 5.61. The molecule has 1 unspecified atom stereocenters. The van der Waals surface area contributed by atoms with Gasteiger partial charge in [-0.15, -0.1) is 0 Å². The Morgan fingerprint density at radius 2 is 2.00 bits per heavy atom. The number of halogens is 3. The third-order valence-electron chi connectivity index (χ3n) is 3.61. The molecule has 1 heterocycles. The first-order valence-corrected chi connectivity index (χ1v) is 9.62. The molecule has 0 amide bonds. The van der Waals surface area contributed by atoms with Gasteiger partial charge in [-0.25, -0.2) is 13.1 Å². The predicted octanol–water partition coefficient (Wildman–Crippen LogP) is 3.42. The highest BCUT2D eigenvalue weighted by atomic mass is 79.9. The molecule has 4 nitrogen and oxygen atoms in total. The lowest BCUT2D eigenvalue weighted by Crippen LogP contribution is -2.45. The van der Waals surface area contributed by atoms with Crippen molar-refractivity contribution in [1.29, 1.82) is 0 Å². The fourth-order valence-electron chi connectivity index (χ4n) is 2.40. The van der Waals surface area contributed by atoms with Crippen molar-refractivity contribution in [2.24, 2.45) is 5.41 Å². The van der Waals surface area contributed by atoms with Gasteiger partial charge in [-0.1, -0.05) is 46.1 Å². The summed E-state index contributed by atoms with van der Waals surface area (Å²) >= 11 is 15.3. The first-order valence-electron chi connectivity index (χ1n) is 6.58. The van der Waals surface area contributed by atoms with Crippen LogP contribution in [0, 0.1) is 5.41 Å². The molecular formula is C13H17BrCl2N2O2S. The zero-order valence-electron chi connectivity index (χ0n) is 11.5. The van der Waals surface area contributed by atoms with Crippen LogP contribution in [0.2, 0.25) is 10.0 Å². The number of hydrogen-bond acceptors (Lipinski definition) is 3. The average molecular weight is 416 g/mol. The molecule has 2 N–H and O–H groups in total. The summed E-state index contributed by atoms with van der Waals surface area (Å²) in [5.74, 6) is 0. The molecule has 2 rings (SSSR count). The van der Waals surface area contributed by atoms with E-state index in [1.165, 1.54) is 12.1 Å². The molecule has 1 aromatic carbocycles. The third-order valence-corrected chi connectivity index (χ3v) is 6.39. The number of hydrogen-bond donors (Lipinski definition) is 2. The van der Waals surface area contributed by atoms with Crippen molar-refractivity contribution in [2.75, 3.05) is 19.6 Å². The molecule has 1 saturated heterocycles. The molecule has 0 bridgehead atoms. The number of rotatable bonds is 4. The van der Waals surface area contributed by atoms with E-state index in [1.54, 1.807) is 0 Å². The fraction of sp³-hybridized carbons (Fsp3) is 0.538. The van der Waals surface area contributed by atoms with Crippen LogP contribution in [0.5, 0.6) is 0 Å².